The van der Waals surface area contributed by atoms with E-state index in [2.05, 4.69) is 5.32 Å². The van der Waals surface area contributed by atoms with E-state index in [1.54, 1.807) is 0 Å². The van der Waals surface area contributed by atoms with Crippen LogP contribution in [-0.2, 0) is 20.8 Å². The highest BCUT2D eigenvalue weighted by atomic mass is 16.4. The monoisotopic (exact) mass is 392 g/mol. The van der Waals surface area contributed by atoms with Gasteiger partial charge >= 0.3 is 5.97 Å². The second-order valence-corrected chi connectivity index (χ2v) is 7.01. The molecule has 0 aliphatic carbocycles. The van der Waals surface area contributed by atoms with E-state index in [-0.39, 0.29) is 25.9 Å². The molecule has 1 aromatic carbocycles. The number of aliphatic hydroxyl groups excluding tert-OH is 1. The van der Waals surface area contributed by atoms with E-state index in [0.29, 0.717) is 12.8 Å². The highest BCUT2D eigenvalue weighted by molar-refractivity contribution is 5.88. The first-order valence-electron chi connectivity index (χ1n) is 9.34. The van der Waals surface area contributed by atoms with Crippen molar-refractivity contribution in [3.63, 3.8) is 0 Å². The van der Waals surface area contributed by atoms with Crippen LogP contribution < -0.4 is 16.8 Å². The molecule has 0 aromatic heterocycles. The third-order valence-corrected chi connectivity index (χ3v) is 4.86. The Balaban J connectivity index is 1.96. The van der Waals surface area contributed by atoms with Gasteiger partial charge in [-0.2, -0.15) is 0 Å². The van der Waals surface area contributed by atoms with Gasteiger partial charge in [-0.15, -0.1) is 0 Å². The summed E-state index contributed by atoms with van der Waals surface area (Å²) in [5.41, 5.74) is 12.4. The molecule has 28 heavy (non-hydrogen) atoms. The van der Waals surface area contributed by atoms with Crippen LogP contribution in [0.4, 0.5) is 0 Å². The van der Waals surface area contributed by atoms with Gasteiger partial charge in [0.2, 0.25) is 11.8 Å². The zero-order valence-electron chi connectivity index (χ0n) is 15.7. The molecular formula is C19H28N4O5. The average Bonchev–Trinajstić information content (AvgIpc) is 3.10. The number of hydrogen-bond donors (Lipinski definition) is 5. The molecule has 1 fully saturated rings. The quantitative estimate of drug-likeness (QED) is 0.354. The number of aliphatic carboxylic acids is 1. The van der Waals surface area contributed by atoms with Crippen molar-refractivity contribution in [1.29, 1.82) is 0 Å². The minimum atomic E-state index is -1.26. The molecule has 154 valence electrons. The van der Waals surface area contributed by atoms with Crippen LogP contribution in [-0.4, -0.2) is 70.2 Å². The summed E-state index contributed by atoms with van der Waals surface area (Å²) in [4.78, 5) is 37.4. The molecule has 2 rings (SSSR count). The van der Waals surface area contributed by atoms with Gasteiger partial charge in [-0.25, -0.2) is 4.79 Å². The molecule has 9 nitrogen and oxygen atoms in total. The summed E-state index contributed by atoms with van der Waals surface area (Å²) in [6.07, 6.45) is -0.101. The molecule has 0 spiro atoms. The topological polar surface area (TPSA) is 159 Å². The van der Waals surface area contributed by atoms with Crippen molar-refractivity contribution >= 4 is 17.8 Å². The van der Waals surface area contributed by atoms with Crippen LogP contribution in [0.3, 0.4) is 0 Å². The average molecular weight is 392 g/mol. The Morgan fingerprint density at radius 2 is 1.89 bits per heavy atom. The smallest absolute Gasteiger partial charge is 0.326 e. The first-order chi connectivity index (χ1) is 13.3. The first-order valence-corrected chi connectivity index (χ1v) is 9.34. The Kier molecular flexibility index (Phi) is 7.91. The number of nitrogens with two attached hydrogens (primary N) is 2. The summed E-state index contributed by atoms with van der Waals surface area (Å²) in [5, 5.41) is 21.7. The molecule has 0 radical (unpaired) electrons. The van der Waals surface area contributed by atoms with Crippen LogP contribution in [0.25, 0.3) is 0 Å². The number of carbonyl (C=O) groups excluding carboxylic acids is 2. The molecule has 0 bridgehead atoms. The van der Waals surface area contributed by atoms with Gasteiger partial charge in [-0.1, -0.05) is 30.3 Å². The number of aryl methyl sites for hydroxylation is 1. The van der Waals surface area contributed by atoms with Crippen LogP contribution in [0.2, 0.25) is 0 Å². The summed E-state index contributed by atoms with van der Waals surface area (Å²) >= 11 is 0. The Hall–Kier alpha value is -2.49. The Morgan fingerprint density at radius 3 is 2.50 bits per heavy atom. The summed E-state index contributed by atoms with van der Waals surface area (Å²) in [6, 6.07) is 7.11. The number of nitrogens with zero attached hydrogens (tertiary/aromatic N) is 1. The number of likely N-dealkylation sites (tertiary alicyclic amines) is 1. The van der Waals surface area contributed by atoms with Crippen molar-refractivity contribution in [2.24, 2.45) is 11.5 Å². The predicted octanol–water partition coefficient (Wildman–Crippen LogP) is -1.17. The molecule has 9 heteroatoms. The maximum atomic E-state index is 12.7. The van der Waals surface area contributed by atoms with Gasteiger partial charge in [0.05, 0.1) is 6.04 Å². The van der Waals surface area contributed by atoms with Crippen molar-refractivity contribution in [2.45, 2.75) is 49.9 Å². The highest BCUT2D eigenvalue weighted by Gasteiger charge is 2.41. The molecule has 1 saturated heterocycles. The van der Waals surface area contributed by atoms with E-state index >= 15 is 0 Å². The van der Waals surface area contributed by atoms with Gasteiger partial charge in [0.1, 0.15) is 12.1 Å². The van der Waals surface area contributed by atoms with Crippen LogP contribution in [0.5, 0.6) is 0 Å². The Bertz CT molecular complexity index is 684. The molecule has 7 N–H and O–H groups in total. The number of carboxylic acid groups (broad SMARTS) is 1. The first kappa shape index (κ1) is 21.8. The fourth-order valence-electron chi connectivity index (χ4n) is 3.31. The van der Waals surface area contributed by atoms with Crippen molar-refractivity contribution < 1.29 is 24.6 Å². The molecule has 0 saturated carbocycles. The molecule has 1 aliphatic rings. The molecule has 4 atom stereocenters. The third kappa shape index (κ3) is 5.75. The summed E-state index contributed by atoms with van der Waals surface area (Å²) < 4.78 is 0. The van der Waals surface area contributed by atoms with E-state index in [9.17, 15) is 24.6 Å². The number of rotatable bonds is 9. The second kappa shape index (κ2) is 10.2. The minimum absolute atomic E-state index is 0.0376. The zero-order valence-corrected chi connectivity index (χ0v) is 15.7. The minimum Gasteiger partial charge on any atom is -0.480 e. The predicted molar refractivity (Wildman–Crippen MR) is 102 cm³/mol. The van der Waals surface area contributed by atoms with Gasteiger partial charge in [-0.3, -0.25) is 9.59 Å². The molecule has 2 amide bonds. The van der Waals surface area contributed by atoms with Gasteiger partial charge in [0.15, 0.2) is 0 Å². The molecular weight excluding hydrogens is 364 g/mol. The fourth-order valence-corrected chi connectivity index (χ4v) is 3.31. The lowest BCUT2D eigenvalue weighted by atomic mass is 10.0. The normalized spacial score (nSPS) is 21.2. The lowest BCUT2D eigenvalue weighted by molar-refractivity contribution is -0.148. The van der Waals surface area contributed by atoms with E-state index in [0.717, 1.165) is 5.56 Å². The molecule has 1 heterocycles. The van der Waals surface area contributed by atoms with E-state index < -0.39 is 42.0 Å². The van der Waals surface area contributed by atoms with Crippen LogP contribution in [0, 0.1) is 0 Å². The summed E-state index contributed by atoms with van der Waals surface area (Å²) in [6.45, 7) is 0.188. The standard InChI is InChI=1S/C19H28N4O5/c20-9-8-16(24)17(25)22-13-10-15(19(27)28)23(11-13)18(26)14(21)7-6-12-4-2-1-3-5-12/h1-5,13-16,24H,6-11,20-21H2,(H,22,25)(H,27,28)/t13-,14+,15+,16+/m1/s1. The van der Waals surface area contributed by atoms with Crippen LogP contribution in [0.15, 0.2) is 30.3 Å². The van der Waals surface area contributed by atoms with Gasteiger partial charge in [0, 0.05) is 19.0 Å². The zero-order chi connectivity index (χ0) is 20.7. The lowest BCUT2D eigenvalue weighted by Gasteiger charge is -2.25. The van der Waals surface area contributed by atoms with Crippen molar-refractivity contribution in [3.8, 4) is 0 Å². The summed E-state index contributed by atoms with van der Waals surface area (Å²) in [5.74, 6) is -2.23. The lowest BCUT2D eigenvalue weighted by Crippen LogP contribution is -2.49. The van der Waals surface area contributed by atoms with Crippen molar-refractivity contribution in [1.82, 2.24) is 10.2 Å². The number of amides is 2. The van der Waals surface area contributed by atoms with Crippen LogP contribution in [0.1, 0.15) is 24.8 Å². The van der Waals surface area contributed by atoms with Crippen LogP contribution >= 0.6 is 0 Å². The molecule has 1 aromatic rings. The molecule has 0 unspecified atom stereocenters. The highest BCUT2D eigenvalue weighted by Crippen LogP contribution is 2.20. The third-order valence-electron chi connectivity index (χ3n) is 4.86. The maximum absolute atomic E-state index is 12.7. The number of hydrogen-bond acceptors (Lipinski definition) is 6. The Morgan fingerprint density at radius 1 is 1.21 bits per heavy atom. The van der Waals surface area contributed by atoms with E-state index in [1.807, 2.05) is 30.3 Å². The number of benzene rings is 1. The van der Waals surface area contributed by atoms with E-state index in [4.69, 9.17) is 11.5 Å². The number of carbonyl (C=O) groups is 3. The van der Waals surface area contributed by atoms with Crippen molar-refractivity contribution in [3.05, 3.63) is 35.9 Å². The Labute approximate surface area is 163 Å². The second-order valence-electron chi connectivity index (χ2n) is 7.01. The summed E-state index contributed by atoms with van der Waals surface area (Å²) in [7, 11) is 0. The van der Waals surface area contributed by atoms with Gasteiger partial charge in [0.25, 0.3) is 0 Å². The van der Waals surface area contributed by atoms with Gasteiger partial charge < -0.3 is 31.9 Å². The number of carboxylic acids is 1. The van der Waals surface area contributed by atoms with E-state index in [1.165, 1.54) is 4.90 Å². The van der Waals surface area contributed by atoms with Crippen molar-refractivity contribution in [2.75, 3.05) is 13.1 Å². The molecule has 1 aliphatic heterocycles. The number of nitrogens with one attached hydrogen (secondary N) is 1. The maximum Gasteiger partial charge on any atom is 0.326 e. The SMILES string of the molecule is NCC[C@H](O)C(=O)N[C@@H]1C[C@@H](C(=O)O)N(C(=O)[C@@H](N)CCc2ccccc2)C1. The largest absolute Gasteiger partial charge is 0.480 e. The fraction of sp³-hybridized carbons (Fsp3) is 0.526. The number of aliphatic hydroxyl groups is 1. The van der Waals surface area contributed by atoms with Gasteiger partial charge in [-0.05, 0) is 31.4 Å².